The minimum Gasteiger partial charge on any atom is -0.328 e. The van der Waals surface area contributed by atoms with Gasteiger partial charge in [-0.25, -0.2) is 13.8 Å². The summed E-state index contributed by atoms with van der Waals surface area (Å²) in [5.74, 6) is -2.84. The van der Waals surface area contributed by atoms with E-state index in [0.29, 0.717) is 23.0 Å². The van der Waals surface area contributed by atoms with Crippen LogP contribution in [0.2, 0.25) is 5.15 Å². The SMILES string of the molecule is C=N/C(CCC(C)(F)F)=C(C)\C=C(/C)C(C)N1Cc2c(ccnc2Cl)C1=O. The number of hydrogen-bond donors (Lipinski definition) is 0. The fraction of sp³-hybridized carbons (Fsp3) is 0.450. The summed E-state index contributed by atoms with van der Waals surface area (Å²) in [4.78, 5) is 22.3. The molecule has 1 amide bonds. The summed E-state index contributed by atoms with van der Waals surface area (Å²) in [7, 11) is 0. The van der Waals surface area contributed by atoms with Gasteiger partial charge in [0.25, 0.3) is 5.91 Å². The van der Waals surface area contributed by atoms with Crippen LogP contribution in [0.5, 0.6) is 0 Å². The van der Waals surface area contributed by atoms with Gasteiger partial charge >= 0.3 is 0 Å². The lowest BCUT2D eigenvalue weighted by atomic mass is 10.0. The summed E-state index contributed by atoms with van der Waals surface area (Å²) in [6.07, 6.45) is 3.26. The molecule has 2 rings (SSSR count). The fourth-order valence-electron chi connectivity index (χ4n) is 3.06. The highest BCUT2D eigenvalue weighted by Crippen LogP contribution is 2.31. The summed E-state index contributed by atoms with van der Waals surface area (Å²) in [6, 6.07) is 1.49. The molecule has 1 aromatic heterocycles. The zero-order valence-corrected chi connectivity index (χ0v) is 16.8. The monoisotopic (exact) mass is 395 g/mol. The van der Waals surface area contributed by atoms with Crippen molar-refractivity contribution in [2.24, 2.45) is 4.99 Å². The lowest BCUT2D eigenvalue weighted by Gasteiger charge is -2.25. The lowest BCUT2D eigenvalue weighted by molar-refractivity contribution is 0.0132. The number of nitrogens with zero attached hydrogens (tertiary/aromatic N) is 3. The van der Waals surface area contributed by atoms with Crippen LogP contribution in [-0.2, 0) is 6.54 Å². The van der Waals surface area contributed by atoms with Crippen molar-refractivity contribution >= 4 is 24.2 Å². The maximum absolute atomic E-state index is 13.1. The van der Waals surface area contributed by atoms with Crippen LogP contribution in [-0.4, -0.2) is 34.5 Å². The van der Waals surface area contributed by atoms with Gasteiger partial charge in [0.15, 0.2) is 0 Å². The smallest absolute Gasteiger partial charge is 0.255 e. The molecule has 0 spiro atoms. The Hall–Kier alpha value is -2.08. The van der Waals surface area contributed by atoms with Gasteiger partial charge in [-0.15, -0.1) is 0 Å². The van der Waals surface area contributed by atoms with Crippen LogP contribution in [0.15, 0.2) is 40.2 Å². The highest BCUT2D eigenvalue weighted by Gasteiger charge is 2.33. The van der Waals surface area contributed by atoms with Gasteiger partial charge in [0.05, 0.1) is 12.6 Å². The van der Waals surface area contributed by atoms with E-state index in [2.05, 4.69) is 16.7 Å². The number of carbonyl (C=O) groups excluding carboxylic acids is 1. The number of carbonyl (C=O) groups is 1. The van der Waals surface area contributed by atoms with E-state index in [-0.39, 0.29) is 24.8 Å². The van der Waals surface area contributed by atoms with Crippen LogP contribution in [0.4, 0.5) is 8.78 Å². The maximum atomic E-state index is 13.1. The van der Waals surface area contributed by atoms with Gasteiger partial charge in [0.2, 0.25) is 5.92 Å². The standard InChI is InChI=1S/C20H24ClF2N3O/c1-12(10-13(2)17(24-5)6-8-20(4,22)23)14(3)26-11-16-15(19(26)27)7-9-25-18(16)21/h7,9-10,14H,5-6,8,11H2,1-4H3/b12-10+,17-13-. The highest BCUT2D eigenvalue weighted by atomic mass is 35.5. The molecule has 0 aromatic carbocycles. The van der Waals surface area contributed by atoms with Crippen LogP contribution in [0.1, 0.15) is 56.5 Å². The van der Waals surface area contributed by atoms with Crippen LogP contribution in [0.25, 0.3) is 0 Å². The van der Waals surface area contributed by atoms with Crippen molar-refractivity contribution in [1.29, 1.82) is 0 Å². The van der Waals surface area contributed by atoms with Gasteiger partial charge in [0.1, 0.15) is 5.15 Å². The summed E-state index contributed by atoms with van der Waals surface area (Å²) >= 11 is 6.11. The Labute approximate surface area is 163 Å². The number of amides is 1. The predicted molar refractivity (Wildman–Crippen MR) is 104 cm³/mol. The van der Waals surface area contributed by atoms with Gasteiger partial charge in [-0.2, -0.15) is 0 Å². The molecule has 0 fully saturated rings. The molecule has 0 saturated heterocycles. The fourth-order valence-corrected chi connectivity index (χ4v) is 3.28. The normalized spacial score (nSPS) is 16.9. The number of allylic oxidation sites excluding steroid dienone is 3. The van der Waals surface area contributed by atoms with Crippen molar-refractivity contribution in [3.63, 3.8) is 0 Å². The number of hydrogen-bond acceptors (Lipinski definition) is 3. The van der Waals surface area contributed by atoms with E-state index in [1.165, 1.54) is 6.20 Å². The Morgan fingerprint density at radius 2 is 2.19 bits per heavy atom. The molecule has 27 heavy (non-hydrogen) atoms. The molecule has 1 aliphatic heterocycles. The zero-order valence-electron chi connectivity index (χ0n) is 16.0. The van der Waals surface area contributed by atoms with Crippen LogP contribution in [0, 0.1) is 0 Å². The quantitative estimate of drug-likeness (QED) is 0.351. The zero-order chi connectivity index (χ0) is 20.4. The molecular weight excluding hydrogens is 372 g/mol. The van der Waals surface area contributed by atoms with E-state index >= 15 is 0 Å². The van der Waals surface area contributed by atoms with Crippen molar-refractivity contribution in [3.8, 4) is 0 Å². The van der Waals surface area contributed by atoms with Crippen LogP contribution >= 0.6 is 11.6 Å². The highest BCUT2D eigenvalue weighted by molar-refractivity contribution is 6.30. The second-order valence-electron chi connectivity index (χ2n) is 6.98. The molecule has 4 nitrogen and oxygen atoms in total. The number of pyridine rings is 1. The minimum absolute atomic E-state index is 0.0936. The molecular formula is C20H24ClF2N3O. The summed E-state index contributed by atoms with van der Waals surface area (Å²) in [5, 5.41) is 0.340. The number of fused-ring (bicyclic) bond motifs is 1. The Morgan fingerprint density at radius 1 is 1.52 bits per heavy atom. The van der Waals surface area contributed by atoms with Crippen molar-refractivity contribution in [3.05, 3.63) is 51.5 Å². The Bertz CT molecular complexity index is 812. The first-order valence-electron chi connectivity index (χ1n) is 8.72. The second-order valence-corrected chi connectivity index (χ2v) is 7.34. The van der Waals surface area contributed by atoms with Crippen molar-refractivity contribution in [1.82, 2.24) is 9.88 Å². The molecule has 0 bridgehead atoms. The average Bonchev–Trinajstić information content (AvgIpc) is 2.92. The van der Waals surface area contributed by atoms with Crippen molar-refractivity contribution in [2.45, 2.75) is 59.0 Å². The summed E-state index contributed by atoms with van der Waals surface area (Å²) in [6.45, 7) is 10.4. The first kappa shape index (κ1) is 21.2. The Balaban J connectivity index is 2.20. The number of alkyl halides is 2. The van der Waals surface area contributed by atoms with E-state index in [9.17, 15) is 13.6 Å². The van der Waals surface area contributed by atoms with E-state index in [1.807, 2.05) is 26.8 Å². The average molecular weight is 396 g/mol. The molecule has 1 aromatic rings. The van der Waals surface area contributed by atoms with E-state index in [0.717, 1.165) is 23.6 Å². The first-order valence-corrected chi connectivity index (χ1v) is 9.09. The largest absolute Gasteiger partial charge is 0.328 e. The van der Waals surface area contributed by atoms with Crippen molar-refractivity contribution in [2.75, 3.05) is 0 Å². The molecule has 0 N–H and O–H groups in total. The van der Waals surface area contributed by atoms with Gasteiger partial charge < -0.3 is 4.90 Å². The van der Waals surface area contributed by atoms with E-state index < -0.39 is 5.92 Å². The molecule has 1 atom stereocenters. The maximum Gasteiger partial charge on any atom is 0.255 e. The van der Waals surface area contributed by atoms with Gasteiger partial charge in [-0.1, -0.05) is 23.3 Å². The number of aromatic nitrogens is 1. The number of halogens is 3. The predicted octanol–water partition coefficient (Wildman–Crippen LogP) is 5.44. The van der Waals surface area contributed by atoms with Crippen molar-refractivity contribution < 1.29 is 13.6 Å². The third-order valence-electron chi connectivity index (χ3n) is 4.84. The molecule has 1 unspecified atom stereocenters. The van der Waals surface area contributed by atoms with E-state index in [4.69, 9.17) is 11.6 Å². The van der Waals surface area contributed by atoms with Crippen LogP contribution < -0.4 is 0 Å². The topological polar surface area (TPSA) is 45.6 Å². The van der Waals surface area contributed by atoms with Crippen LogP contribution in [0.3, 0.4) is 0 Å². The van der Waals surface area contributed by atoms with Gasteiger partial charge in [-0.05, 0) is 52.5 Å². The lowest BCUT2D eigenvalue weighted by Crippen LogP contribution is -2.34. The van der Waals surface area contributed by atoms with E-state index in [1.54, 1.807) is 11.0 Å². The molecule has 0 aliphatic carbocycles. The Morgan fingerprint density at radius 3 is 2.74 bits per heavy atom. The molecule has 0 saturated carbocycles. The summed E-state index contributed by atoms with van der Waals surface area (Å²) in [5.41, 5.74) is 3.52. The number of rotatable bonds is 7. The van der Waals surface area contributed by atoms with Gasteiger partial charge in [-0.3, -0.25) is 9.79 Å². The number of aliphatic imine (C=N–C) groups is 1. The molecule has 1 aliphatic rings. The third kappa shape index (κ3) is 5.01. The Kier molecular flexibility index (Phi) is 6.52. The first-order chi connectivity index (χ1) is 12.5. The summed E-state index contributed by atoms with van der Waals surface area (Å²) < 4.78 is 26.2. The minimum atomic E-state index is -2.75. The third-order valence-corrected chi connectivity index (χ3v) is 5.17. The molecule has 2 heterocycles. The molecule has 7 heteroatoms. The molecule has 0 radical (unpaired) electrons. The second kappa shape index (κ2) is 8.30. The molecule has 146 valence electrons. The van der Waals surface area contributed by atoms with Gasteiger partial charge in [0, 0.05) is 29.4 Å².